The van der Waals surface area contributed by atoms with E-state index >= 15 is 0 Å². The molecule has 9 nitrogen and oxygen atoms in total. The van der Waals surface area contributed by atoms with Crippen LogP contribution in [0.4, 0.5) is 17.2 Å². The van der Waals surface area contributed by atoms with Gasteiger partial charge in [-0.15, -0.1) is 0 Å². The molecule has 0 saturated carbocycles. The van der Waals surface area contributed by atoms with Crippen LogP contribution in [0.1, 0.15) is 51.5 Å². The number of aromatic amines is 1. The molecule has 0 unspecified atom stereocenters. The molecule has 1 amide bonds. The number of nitrogen functional groups attached to an aromatic ring is 1. The third-order valence-corrected chi connectivity index (χ3v) is 6.37. The number of carbonyl (C=O) groups is 1. The monoisotopic (exact) mass is 470 g/mol. The number of unbranched alkanes of at least 4 members (excludes halogenated alkanes) is 1. The van der Waals surface area contributed by atoms with Gasteiger partial charge in [-0.05, 0) is 51.3 Å². The van der Waals surface area contributed by atoms with Crippen LogP contribution in [0.3, 0.4) is 0 Å². The molecule has 0 radical (unpaired) electrons. The lowest BCUT2D eigenvalue weighted by molar-refractivity contribution is -0.119. The zero-order chi connectivity index (χ0) is 24.7. The fourth-order valence-corrected chi connectivity index (χ4v) is 4.59. The topological polar surface area (TPSA) is 108 Å². The fraction of sp³-hybridized carbons (Fsp3) is 0.560. The van der Waals surface area contributed by atoms with E-state index in [0.29, 0.717) is 13.1 Å². The third kappa shape index (κ3) is 5.88. The number of nitrogens with two attached hydrogens (primary N) is 1. The van der Waals surface area contributed by atoms with Crippen LogP contribution in [0.25, 0.3) is 0 Å². The minimum atomic E-state index is -0.636. The van der Waals surface area contributed by atoms with Crippen molar-refractivity contribution in [3.63, 3.8) is 0 Å². The van der Waals surface area contributed by atoms with Crippen molar-refractivity contribution >= 4 is 23.1 Å². The van der Waals surface area contributed by atoms with E-state index in [1.165, 1.54) is 40.0 Å². The van der Waals surface area contributed by atoms with Gasteiger partial charge in [0.25, 0.3) is 5.56 Å². The summed E-state index contributed by atoms with van der Waals surface area (Å²) in [5, 5.41) is 0. The number of hydrogen-bond acceptors (Lipinski definition) is 6. The van der Waals surface area contributed by atoms with Gasteiger partial charge in [-0.3, -0.25) is 24.0 Å². The molecule has 1 aromatic carbocycles. The van der Waals surface area contributed by atoms with Gasteiger partial charge in [-0.25, -0.2) is 4.79 Å². The van der Waals surface area contributed by atoms with E-state index in [1.807, 2.05) is 24.9 Å². The van der Waals surface area contributed by atoms with Crippen molar-refractivity contribution in [3.05, 3.63) is 50.7 Å². The summed E-state index contributed by atoms with van der Waals surface area (Å²) in [5.41, 5.74) is 7.49. The highest BCUT2D eigenvalue weighted by Gasteiger charge is 2.24. The second-order valence-corrected chi connectivity index (χ2v) is 8.99. The maximum Gasteiger partial charge on any atom is 0.330 e. The number of benzene rings is 1. The molecule has 0 aliphatic carbocycles. The van der Waals surface area contributed by atoms with E-state index in [2.05, 4.69) is 28.1 Å². The van der Waals surface area contributed by atoms with E-state index in [0.717, 1.165) is 25.9 Å². The van der Waals surface area contributed by atoms with E-state index in [-0.39, 0.29) is 30.5 Å². The van der Waals surface area contributed by atoms with Crippen molar-refractivity contribution in [2.24, 2.45) is 0 Å². The largest absolute Gasteiger partial charge is 0.383 e. The Labute approximate surface area is 201 Å². The molecule has 3 N–H and O–H groups in total. The normalized spacial score (nSPS) is 13.9. The van der Waals surface area contributed by atoms with Gasteiger partial charge >= 0.3 is 5.69 Å². The number of aromatic nitrogens is 2. The van der Waals surface area contributed by atoms with Gasteiger partial charge < -0.3 is 15.5 Å². The summed E-state index contributed by atoms with van der Waals surface area (Å²) in [4.78, 5) is 46.2. The molecule has 1 aromatic heterocycles. The second kappa shape index (κ2) is 11.9. The predicted octanol–water partition coefficient (Wildman–Crippen LogP) is 2.39. The lowest BCUT2D eigenvalue weighted by Crippen LogP contribution is -2.44. The highest BCUT2D eigenvalue weighted by Crippen LogP contribution is 2.25. The number of nitrogens with one attached hydrogen (secondary N) is 1. The Kier molecular flexibility index (Phi) is 8.92. The molecule has 34 heavy (non-hydrogen) atoms. The first kappa shape index (κ1) is 25.6. The molecule has 9 heteroatoms. The van der Waals surface area contributed by atoms with Crippen LogP contribution in [0.15, 0.2) is 33.9 Å². The quantitative estimate of drug-likeness (QED) is 0.552. The first-order valence-electron chi connectivity index (χ1n) is 12.3. The number of amides is 1. The first-order valence-corrected chi connectivity index (χ1v) is 12.3. The van der Waals surface area contributed by atoms with E-state index in [9.17, 15) is 14.4 Å². The maximum absolute atomic E-state index is 13.3. The summed E-state index contributed by atoms with van der Waals surface area (Å²) >= 11 is 0. The van der Waals surface area contributed by atoms with Crippen LogP contribution in [0.5, 0.6) is 0 Å². The van der Waals surface area contributed by atoms with Gasteiger partial charge in [-0.2, -0.15) is 0 Å². The number of carbonyl (C=O) groups excluding carboxylic acids is 1. The summed E-state index contributed by atoms with van der Waals surface area (Å²) in [5.74, 6) is -0.200. The van der Waals surface area contributed by atoms with E-state index < -0.39 is 11.2 Å². The predicted molar refractivity (Wildman–Crippen MR) is 138 cm³/mol. The Bertz CT molecular complexity index is 1090. The van der Waals surface area contributed by atoms with Crippen LogP contribution in [-0.4, -0.2) is 53.6 Å². The van der Waals surface area contributed by atoms with Gasteiger partial charge in [0.2, 0.25) is 5.91 Å². The summed E-state index contributed by atoms with van der Waals surface area (Å²) in [6.07, 6.45) is 5.29. The number of para-hydroxylation sites is 1. The van der Waals surface area contributed by atoms with Gasteiger partial charge in [-0.1, -0.05) is 31.5 Å². The van der Waals surface area contributed by atoms with Crippen LogP contribution >= 0.6 is 0 Å². The van der Waals surface area contributed by atoms with Crippen molar-refractivity contribution in [2.75, 3.05) is 48.8 Å². The molecule has 0 spiro atoms. The summed E-state index contributed by atoms with van der Waals surface area (Å²) < 4.78 is 1.34. The maximum atomic E-state index is 13.3. The number of hydrogen-bond donors (Lipinski definition) is 2. The van der Waals surface area contributed by atoms with E-state index in [1.54, 1.807) is 6.92 Å². The zero-order valence-corrected chi connectivity index (χ0v) is 20.7. The summed E-state index contributed by atoms with van der Waals surface area (Å²) in [7, 11) is 1.90. The molecule has 2 heterocycles. The molecule has 1 aliphatic rings. The molecule has 2 aromatic rings. The Morgan fingerprint density at radius 2 is 1.82 bits per heavy atom. The molecule has 3 rings (SSSR count). The van der Waals surface area contributed by atoms with Gasteiger partial charge in [0.05, 0.1) is 6.54 Å². The summed E-state index contributed by atoms with van der Waals surface area (Å²) in [6.45, 7) is 7.31. The smallest absolute Gasteiger partial charge is 0.330 e. The van der Waals surface area contributed by atoms with Crippen molar-refractivity contribution in [1.29, 1.82) is 0 Å². The highest BCUT2D eigenvalue weighted by molar-refractivity contribution is 5.96. The van der Waals surface area contributed by atoms with Crippen LogP contribution in [0, 0.1) is 0 Å². The molecule has 0 atom stereocenters. The number of rotatable bonds is 10. The van der Waals surface area contributed by atoms with Gasteiger partial charge in [0.15, 0.2) is 5.69 Å². The molecule has 1 fully saturated rings. The zero-order valence-electron chi connectivity index (χ0n) is 20.7. The Morgan fingerprint density at radius 1 is 1.12 bits per heavy atom. The molecular weight excluding hydrogens is 432 g/mol. The van der Waals surface area contributed by atoms with E-state index in [4.69, 9.17) is 5.73 Å². The highest BCUT2D eigenvalue weighted by atomic mass is 16.2. The number of nitrogens with zero attached hydrogens (tertiary/aromatic N) is 4. The second-order valence-electron chi connectivity index (χ2n) is 8.99. The lowest BCUT2D eigenvalue weighted by atomic mass is 10.1. The lowest BCUT2D eigenvalue weighted by Gasteiger charge is -2.31. The molecule has 0 bridgehead atoms. The molecular formula is C25H38N6O3. The van der Waals surface area contributed by atoms with Crippen LogP contribution in [-0.2, 0) is 17.9 Å². The standard InChI is InChI=1S/C25H38N6O3/c1-4-6-16-31-23(26)22(24(33)27-25(31)34)30(5-2)21(32)18-28(3)17-19-12-8-9-13-20(19)29-14-10-7-11-15-29/h8-9,12-13H,4-7,10-11,14-18,26H2,1-3H3,(H,27,33,34). The fourth-order valence-electron chi connectivity index (χ4n) is 4.59. The Balaban J connectivity index is 1.78. The average molecular weight is 471 g/mol. The van der Waals surface area contributed by atoms with Gasteiger partial charge in [0, 0.05) is 38.4 Å². The average Bonchev–Trinajstić information content (AvgIpc) is 2.82. The Morgan fingerprint density at radius 3 is 2.50 bits per heavy atom. The SMILES string of the molecule is CCCCn1c(N)c(N(CC)C(=O)CN(C)Cc2ccccc2N2CCCCC2)c(=O)[nH]c1=O. The van der Waals surface area contributed by atoms with Crippen LogP contribution < -0.4 is 26.8 Å². The number of likely N-dealkylation sites (N-methyl/N-ethyl adjacent to an activating group) is 2. The minimum Gasteiger partial charge on any atom is -0.383 e. The van der Waals surface area contributed by atoms with Crippen molar-refractivity contribution in [2.45, 2.75) is 59.0 Å². The van der Waals surface area contributed by atoms with Crippen molar-refractivity contribution in [1.82, 2.24) is 14.5 Å². The molecule has 186 valence electrons. The van der Waals surface area contributed by atoms with Crippen LogP contribution in [0.2, 0.25) is 0 Å². The Hall–Kier alpha value is -3.07. The number of anilines is 3. The third-order valence-electron chi connectivity index (χ3n) is 6.37. The van der Waals surface area contributed by atoms with Gasteiger partial charge in [0.1, 0.15) is 5.82 Å². The van der Waals surface area contributed by atoms with Crippen molar-refractivity contribution in [3.8, 4) is 0 Å². The number of piperidine rings is 1. The first-order chi connectivity index (χ1) is 16.4. The molecule has 1 saturated heterocycles. The molecule has 1 aliphatic heterocycles. The minimum absolute atomic E-state index is 0.0375. The summed E-state index contributed by atoms with van der Waals surface area (Å²) in [6, 6.07) is 8.33. The number of H-pyrrole nitrogens is 1. The van der Waals surface area contributed by atoms with Crippen molar-refractivity contribution < 1.29 is 4.79 Å².